The number of rotatable bonds is 4. The number of aryl methyl sites for hydroxylation is 1. The molecular formula is C17H14FN5O. The van der Waals surface area contributed by atoms with E-state index >= 15 is 0 Å². The van der Waals surface area contributed by atoms with Crippen LogP contribution in [-0.4, -0.2) is 25.1 Å². The van der Waals surface area contributed by atoms with Crippen LogP contribution in [0.4, 0.5) is 4.39 Å². The van der Waals surface area contributed by atoms with E-state index < -0.39 is 0 Å². The van der Waals surface area contributed by atoms with Gasteiger partial charge in [0.15, 0.2) is 0 Å². The molecule has 2 aromatic carbocycles. The summed E-state index contributed by atoms with van der Waals surface area (Å²) in [6.07, 6.45) is 0.991. The molecule has 0 unspecified atom stereocenters. The van der Waals surface area contributed by atoms with Gasteiger partial charge in [0.1, 0.15) is 11.3 Å². The molecule has 0 radical (unpaired) electrons. The van der Waals surface area contributed by atoms with Gasteiger partial charge in [-0.3, -0.25) is 0 Å². The Kier molecular flexibility index (Phi) is 3.53. The Labute approximate surface area is 136 Å². The standard InChI is InChI=1S/C17H14FN5O/c1-2-9-23-15-8-5-12(10-14(15)20-22-23)17-19-16(21-24-17)11-3-6-13(18)7-4-11/h3-8,10H,2,9H2,1H3. The largest absolute Gasteiger partial charge is 0.334 e. The summed E-state index contributed by atoms with van der Waals surface area (Å²) in [7, 11) is 0. The van der Waals surface area contributed by atoms with Crippen LogP contribution in [0.25, 0.3) is 33.9 Å². The van der Waals surface area contributed by atoms with Gasteiger partial charge in [0, 0.05) is 17.7 Å². The predicted octanol–water partition coefficient (Wildman–Crippen LogP) is 3.70. The number of benzene rings is 2. The van der Waals surface area contributed by atoms with Crippen LogP contribution in [0.2, 0.25) is 0 Å². The Morgan fingerprint density at radius 1 is 1.08 bits per heavy atom. The van der Waals surface area contributed by atoms with Crippen molar-refractivity contribution < 1.29 is 8.91 Å². The minimum Gasteiger partial charge on any atom is -0.334 e. The molecular weight excluding hydrogens is 309 g/mol. The SMILES string of the molecule is CCCn1nnc2cc(-c3nc(-c4ccc(F)cc4)no3)ccc21. The minimum absolute atomic E-state index is 0.303. The average molecular weight is 323 g/mol. The zero-order valence-corrected chi connectivity index (χ0v) is 13.0. The van der Waals surface area contributed by atoms with E-state index in [4.69, 9.17) is 4.52 Å². The number of hydrogen-bond acceptors (Lipinski definition) is 5. The second kappa shape index (κ2) is 5.84. The highest BCUT2D eigenvalue weighted by Gasteiger charge is 2.13. The number of nitrogens with zero attached hydrogens (tertiary/aromatic N) is 5. The molecule has 0 amide bonds. The molecule has 0 aliphatic carbocycles. The van der Waals surface area contributed by atoms with Gasteiger partial charge < -0.3 is 4.52 Å². The zero-order chi connectivity index (χ0) is 16.5. The van der Waals surface area contributed by atoms with Crippen molar-refractivity contribution in [2.75, 3.05) is 0 Å². The third kappa shape index (κ3) is 2.54. The second-order valence-corrected chi connectivity index (χ2v) is 5.45. The van der Waals surface area contributed by atoms with E-state index in [9.17, 15) is 4.39 Å². The molecule has 4 rings (SSSR count). The summed E-state index contributed by atoms with van der Waals surface area (Å²) >= 11 is 0. The second-order valence-electron chi connectivity index (χ2n) is 5.45. The Morgan fingerprint density at radius 2 is 1.88 bits per heavy atom. The van der Waals surface area contributed by atoms with Gasteiger partial charge in [-0.15, -0.1) is 5.10 Å². The fourth-order valence-corrected chi connectivity index (χ4v) is 2.54. The number of halogens is 1. The number of hydrogen-bond donors (Lipinski definition) is 0. The van der Waals surface area contributed by atoms with Crippen molar-refractivity contribution in [3.63, 3.8) is 0 Å². The smallest absolute Gasteiger partial charge is 0.258 e. The average Bonchev–Trinajstić information content (AvgIpc) is 3.23. The maximum atomic E-state index is 13.0. The van der Waals surface area contributed by atoms with Crippen molar-refractivity contribution in [1.82, 2.24) is 25.1 Å². The van der Waals surface area contributed by atoms with E-state index in [0.717, 1.165) is 29.6 Å². The lowest BCUT2D eigenvalue weighted by atomic mass is 10.2. The highest BCUT2D eigenvalue weighted by Crippen LogP contribution is 2.25. The van der Waals surface area contributed by atoms with Crippen LogP contribution in [0, 0.1) is 5.82 Å². The molecule has 120 valence electrons. The molecule has 0 bridgehead atoms. The molecule has 2 aromatic heterocycles. The summed E-state index contributed by atoms with van der Waals surface area (Å²) in [4.78, 5) is 4.38. The van der Waals surface area contributed by atoms with Crippen molar-refractivity contribution in [1.29, 1.82) is 0 Å². The fourth-order valence-electron chi connectivity index (χ4n) is 2.54. The zero-order valence-electron chi connectivity index (χ0n) is 13.0. The molecule has 0 saturated heterocycles. The summed E-state index contributed by atoms with van der Waals surface area (Å²) < 4.78 is 20.2. The van der Waals surface area contributed by atoms with Crippen molar-refractivity contribution in [2.45, 2.75) is 19.9 Å². The third-order valence-electron chi connectivity index (χ3n) is 3.72. The van der Waals surface area contributed by atoms with E-state index in [0.29, 0.717) is 17.3 Å². The van der Waals surface area contributed by atoms with Crippen LogP contribution < -0.4 is 0 Å². The summed E-state index contributed by atoms with van der Waals surface area (Å²) in [5, 5.41) is 12.3. The van der Waals surface area contributed by atoms with Gasteiger partial charge in [-0.05, 0) is 48.9 Å². The maximum absolute atomic E-state index is 13.0. The lowest BCUT2D eigenvalue weighted by molar-refractivity contribution is 0.432. The van der Waals surface area contributed by atoms with Crippen LogP contribution in [-0.2, 0) is 6.54 Å². The lowest BCUT2D eigenvalue weighted by Crippen LogP contribution is -1.98. The first-order valence-electron chi connectivity index (χ1n) is 7.68. The lowest BCUT2D eigenvalue weighted by Gasteiger charge is -1.99. The van der Waals surface area contributed by atoms with Crippen LogP contribution in [0.5, 0.6) is 0 Å². The normalized spacial score (nSPS) is 11.2. The summed E-state index contributed by atoms with van der Waals surface area (Å²) in [6.45, 7) is 2.92. The van der Waals surface area contributed by atoms with E-state index in [1.807, 2.05) is 22.9 Å². The quantitative estimate of drug-likeness (QED) is 0.573. The van der Waals surface area contributed by atoms with Crippen LogP contribution in [0.15, 0.2) is 47.0 Å². The van der Waals surface area contributed by atoms with Crippen LogP contribution >= 0.6 is 0 Å². The van der Waals surface area contributed by atoms with Crippen LogP contribution in [0.3, 0.4) is 0 Å². The summed E-state index contributed by atoms with van der Waals surface area (Å²) in [5.74, 6) is 0.504. The van der Waals surface area contributed by atoms with Crippen molar-refractivity contribution in [3.8, 4) is 22.8 Å². The molecule has 0 spiro atoms. The first-order valence-corrected chi connectivity index (χ1v) is 7.68. The molecule has 0 atom stereocenters. The molecule has 7 heteroatoms. The molecule has 0 fully saturated rings. The molecule has 0 aliphatic heterocycles. The van der Waals surface area contributed by atoms with Gasteiger partial charge in [-0.1, -0.05) is 17.3 Å². The Hall–Kier alpha value is -3.09. The van der Waals surface area contributed by atoms with E-state index in [2.05, 4.69) is 27.4 Å². The van der Waals surface area contributed by atoms with Gasteiger partial charge in [-0.2, -0.15) is 4.98 Å². The highest BCUT2D eigenvalue weighted by atomic mass is 19.1. The van der Waals surface area contributed by atoms with E-state index in [1.165, 1.54) is 12.1 Å². The Bertz CT molecular complexity index is 990. The van der Waals surface area contributed by atoms with E-state index in [1.54, 1.807) is 12.1 Å². The van der Waals surface area contributed by atoms with Crippen molar-refractivity contribution in [2.24, 2.45) is 0 Å². The molecule has 24 heavy (non-hydrogen) atoms. The van der Waals surface area contributed by atoms with E-state index in [-0.39, 0.29) is 5.82 Å². The Balaban J connectivity index is 1.69. The molecule has 0 aliphatic rings. The van der Waals surface area contributed by atoms with Gasteiger partial charge in [0.25, 0.3) is 5.89 Å². The van der Waals surface area contributed by atoms with Crippen molar-refractivity contribution in [3.05, 3.63) is 48.3 Å². The summed E-state index contributed by atoms with van der Waals surface area (Å²) in [6, 6.07) is 11.7. The Morgan fingerprint density at radius 3 is 2.67 bits per heavy atom. The third-order valence-corrected chi connectivity index (χ3v) is 3.72. The first kappa shape index (κ1) is 14.5. The molecule has 6 nitrogen and oxygen atoms in total. The maximum Gasteiger partial charge on any atom is 0.258 e. The van der Waals surface area contributed by atoms with Crippen molar-refractivity contribution >= 4 is 11.0 Å². The predicted molar refractivity (Wildman–Crippen MR) is 86.5 cm³/mol. The number of fused-ring (bicyclic) bond motifs is 1. The molecule has 0 N–H and O–H groups in total. The molecule has 0 saturated carbocycles. The molecule has 4 aromatic rings. The van der Waals surface area contributed by atoms with Gasteiger partial charge in [0.2, 0.25) is 5.82 Å². The molecule has 2 heterocycles. The summed E-state index contributed by atoms with van der Waals surface area (Å²) in [5.41, 5.74) is 3.22. The van der Waals surface area contributed by atoms with Gasteiger partial charge >= 0.3 is 0 Å². The fraction of sp³-hybridized carbons (Fsp3) is 0.176. The minimum atomic E-state index is -0.303. The first-order chi connectivity index (χ1) is 11.7. The van der Waals surface area contributed by atoms with Crippen LogP contribution in [0.1, 0.15) is 13.3 Å². The topological polar surface area (TPSA) is 69.6 Å². The van der Waals surface area contributed by atoms with Gasteiger partial charge in [0.05, 0.1) is 5.52 Å². The highest BCUT2D eigenvalue weighted by molar-refractivity contribution is 5.79. The monoisotopic (exact) mass is 323 g/mol. The van der Waals surface area contributed by atoms with Gasteiger partial charge in [-0.25, -0.2) is 9.07 Å². The number of aromatic nitrogens is 5.